The summed E-state index contributed by atoms with van der Waals surface area (Å²) in [6.07, 6.45) is 5.36. The average molecular weight is 266 g/mol. The van der Waals surface area contributed by atoms with Crippen molar-refractivity contribution in [2.24, 2.45) is 7.05 Å². The van der Waals surface area contributed by atoms with Crippen LogP contribution in [-0.4, -0.2) is 9.55 Å². The van der Waals surface area contributed by atoms with Gasteiger partial charge in [-0.15, -0.1) is 0 Å². The highest BCUT2D eigenvalue weighted by atomic mass is 16.3. The molecule has 0 spiro atoms. The minimum absolute atomic E-state index is 0.558. The lowest BCUT2D eigenvalue weighted by Crippen LogP contribution is -1.88. The Hall–Kier alpha value is -2.29. The molecule has 0 aliphatic rings. The first-order valence-electron chi connectivity index (χ1n) is 6.81. The van der Waals surface area contributed by atoms with E-state index < -0.39 is 0 Å². The summed E-state index contributed by atoms with van der Waals surface area (Å²) in [4.78, 5) is 4.20. The highest BCUT2D eigenvalue weighted by Gasteiger charge is 2.10. The Morgan fingerprint density at radius 2 is 1.85 bits per heavy atom. The highest BCUT2D eigenvalue weighted by molar-refractivity contribution is 5.69. The Bertz CT molecular complexity index is 691. The van der Waals surface area contributed by atoms with Crippen molar-refractivity contribution in [3.05, 3.63) is 54.6 Å². The number of aromatic nitrogens is 2. The van der Waals surface area contributed by atoms with Crippen LogP contribution in [0.4, 0.5) is 0 Å². The molecule has 0 amide bonds. The monoisotopic (exact) mass is 266 g/mol. The number of aryl methyl sites for hydroxylation is 1. The summed E-state index contributed by atoms with van der Waals surface area (Å²) in [6.45, 7) is 4.41. The molecule has 0 aliphatic carbocycles. The van der Waals surface area contributed by atoms with Gasteiger partial charge in [-0.2, -0.15) is 0 Å². The van der Waals surface area contributed by atoms with Crippen LogP contribution in [0.15, 0.2) is 53.4 Å². The van der Waals surface area contributed by atoms with Gasteiger partial charge in [-0.25, -0.2) is 4.98 Å². The van der Waals surface area contributed by atoms with E-state index in [9.17, 15) is 0 Å². The molecule has 0 bridgehead atoms. The van der Waals surface area contributed by atoms with Gasteiger partial charge >= 0.3 is 0 Å². The topological polar surface area (TPSA) is 31.0 Å². The number of hydrogen-bond acceptors (Lipinski definition) is 2. The molecule has 3 nitrogen and oxygen atoms in total. The second-order valence-electron chi connectivity index (χ2n) is 5.34. The van der Waals surface area contributed by atoms with Gasteiger partial charge in [0.2, 0.25) is 5.89 Å². The maximum atomic E-state index is 5.37. The third-order valence-electron chi connectivity index (χ3n) is 3.57. The lowest BCUT2D eigenvalue weighted by molar-refractivity contribution is 0.568. The van der Waals surface area contributed by atoms with E-state index >= 15 is 0 Å². The van der Waals surface area contributed by atoms with E-state index in [1.165, 1.54) is 16.7 Å². The summed E-state index contributed by atoms with van der Waals surface area (Å²) >= 11 is 0. The van der Waals surface area contributed by atoms with Crippen LogP contribution in [-0.2, 0) is 7.05 Å². The maximum absolute atomic E-state index is 5.37. The fourth-order valence-corrected chi connectivity index (χ4v) is 2.35. The quantitative estimate of drug-likeness (QED) is 0.700. The fourth-order valence-electron chi connectivity index (χ4n) is 2.35. The predicted molar refractivity (Wildman–Crippen MR) is 80.4 cm³/mol. The van der Waals surface area contributed by atoms with E-state index in [4.69, 9.17) is 4.42 Å². The van der Waals surface area contributed by atoms with Crippen molar-refractivity contribution in [3.63, 3.8) is 0 Å². The van der Waals surface area contributed by atoms with Crippen molar-refractivity contribution >= 4 is 0 Å². The Labute approximate surface area is 118 Å². The van der Waals surface area contributed by atoms with E-state index in [-0.39, 0.29) is 0 Å². The van der Waals surface area contributed by atoms with Crippen LogP contribution in [0.1, 0.15) is 25.3 Å². The third-order valence-corrected chi connectivity index (χ3v) is 3.57. The summed E-state index contributed by atoms with van der Waals surface area (Å²) in [5.74, 6) is 1.21. The molecule has 0 atom stereocenters. The van der Waals surface area contributed by atoms with Crippen LogP contribution in [0.5, 0.6) is 0 Å². The molecule has 3 aromatic rings. The molecule has 20 heavy (non-hydrogen) atoms. The van der Waals surface area contributed by atoms with Crippen LogP contribution in [0.2, 0.25) is 0 Å². The van der Waals surface area contributed by atoms with Crippen LogP contribution in [0.3, 0.4) is 0 Å². The molecule has 0 aliphatic heterocycles. The van der Waals surface area contributed by atoms with Gasteiger partial charge < -0.3 is 8.98 Å². The number of rotatable bonds is 3. The van der Waals surface area contributed by atoms with Crippen molar-refractivity contribution in [1.82, 2.24) is 9.55 Å². The molecule has 3 heteroatoms. The smallest absolute Gasteiger partial charge is 0.242 e. The SMILES string of the molecule is CC(C)c1ccc(-c2cc(-c3ncco3)n(C)c2)cc1. The van der Waals surface area contributed by atoms with Gasteiger partial charge in [0.05, 0.1) is 6.20 Å². The van der Waals surface area contributed by atoms with E-state index in [1.54, 1.807) is 12.5 Å². The standard InChI is InChI=1S/C17H18N2O/c1-12(2)13-4-6-14(7-5-13)15-10-16(19(3)11-15)17-18-8-9-20-17/h4-12H,1-3H3. The lowest BCUT2D eigenvalue weighted by Gasteiger charge is -2.05. The maximum Gasteiger partial charge on any atom is 0.242 e. The molecule has 0 saturated carbocycles. The molecule has 2 heterocycles. The molecule has 0 unspecified atom stereocenters. The minimum atomic E-state index is 0.558. The molecule has 0 saturated heterocycles. The third kappa shape index (κ3) is 2.27. The first kappa shape index (κ1) is 12.7. The summed E-state index contributed by atoms with van der Waals surface area (Å²) in [7, 11) is 2.01. The zero-order valence-corrected chi connectivity index (χ0v) is 12.0. The molecule has 0 fully saturated rings. The summed E-state index contributed by atoms with van der Waals surface area (Å²) in [5.41, 5.74) is 4.73. The Balaban J connectivity index is 1.97. The number of benzene rings is 1. The number of nitrogens with zero attached hydrogens (tertiary/aromatic N) is 2. The Morgan fingerprint density at radius 1 is 1.10 bits per heavy atom. The summed E-state index contributed by atoms with van der Waals surface area (Å²) in [6, 6.07) is 10.8. The highest BCUT2D eigenvalue weighted by Crippen LogP contribution is 2.28. The molecular formula is C17H18N2O. The van der Waals surface area contributed by atoms with E-state index in [2.05, 4.69) is 55.4 Å². The van der Waals surface area contributed by atoms with Gasteiger partial charge in [0.15, 0.2) is 0 Å². The van der Waals surface area contributed by atoms with Gasteiger partial charge in [-0.1, -0.05) is 38.1 Å². The first-order valence-corrected chi connectivity index (χ1v) is 6.81. The molecule has 0 N–H and O–H groups in total. The van der Waals surface area contributed by atoms with Gasteiger partial charge in [0, 0.05) is 18.8 Å². The van der Waals surface area contributed by atoms with Gasteiger partial charge in [-0.05, 0) is 23.1 Å². The zero-order chi connectivity index (χ0) is 14.1. The van der Waals surface area contributed by atoms with Crippen LogP contribution >= 0.6 is 0 Å². The second-order valence-corrected chi connectivity index (χ2v) is 5.34. The lowest BCUT2D eigenvalue weighted by atomic mass is 10.00. The van der Waals surface area contributed by atoms with Gasteiger partial charge in [0.25, 0.3) is 0 Å². The van der Waals surface area contributed by atoms with E-state index in [0.717, 1.165) is 5.69 Å². The summed E-state index contributed by atoms with van der Waals surface area (Å²) in [5, 5.41) is 0. The number of oxazole rings is 1. The largest absolute Gasteiger partial charge is 0.443 e. The number of hydrogen-bond donors (Lipinski definition) is 0. The van der Waals surface area contributed by atoms with Gasteiger partial charge in [-0.3, -0.25) is 0 Å². The van der Waals surface area contributed by atoms with E-state index in [0.29, 0.717) is 11.8 Å². The van der Waals surface area contributed by atoms with Gasteiger partial charge in [0.1, 0.15) is 12.0 Å². The van der Waals surface area contributed by atoms with Crippen molar-refractivity contribution in [1.29, 1.82) is 0 Å². The van der Waals surface area contributed by atoms with Crippen molar-refractivity contribution < 1.29 is 4.42 Å². The van der Waals surface area contributed by atoms with Crippen LogP contribution in [0.25, 0.3) is 22.7 Å². The molecular weight excluding hydrogens is 248 g/mol. The minimum Gasteiger partial charge on any atom is -0.443 e. The Morgan fingerprint density at radius 3 is 2.45 bits per heavy atom. The molecule has 102 valence electrons. The summed E-state index contributed by atoms with van der Waals surface area (Å²) < 4.78 is 7.41. The van der Waals surface area contributed by atoms with E-state index in [1.807, 2.05) is 11.6 Å². The normalized spacial score (nSPS) is 11.2. The van der Waals surface area contributed by atoms with Crippen molar-refractivity contribution in [2.75, 3.05) is 0 Å². The Kier molecular flexibility index (Phi) is 3.18. The molecule has 0 radical (unpaired) electrons. The second kappa shape index (κ2) is 5.00. The van der Waals surface area contributed by atoms with Crippen LogP contribution < -0.4 is 0 Å². The fraction of sp³-hybridized carbons (Fsp3) is 0.235. The van der Waals surface area contributed by atoms with Crippen molar-refractivity contribution in [3.8, 4) is 22.7 Å². The van der Waals surface area contributed by atoms with Crippen LogP contribution in [0, 0.1) is 0 Å². The first-order chi connectivity index (χ1) is 9.65. The zero-order valence-electron chi connectivity index (χ0n) is 12.0. The molecule has 1 aromatic carbocycles. The molecule has 2 aromatic heterocycles. The average Bonchev–Trinajstić information content (AvgIpc) is 3.07. The molecule has 3 rings (SSSR count). The predicted octanol–water partition coefficient (Wildman–Crippen LogP) is 4.47. The van der Waals surface area contributed by atoms with Crippen molar-refractivity contribution in [2.45, 2.75) is 19.8 Å².